The van der Waals surface area contributed by atoms with E-state index in [-0.39, 0.29) is 0 Å². The van der Waals surface area contributed by atoms with Gasteiger partial charge in [0, 0.05) is 25.0 Å². The Kier molecular flexibility index (Phi) is 4.34. The smallest absolute Gasteiger partial charge is 0.0271 e. The predicted molar refractivity (Wildman–Crippen MR) is 67.2 cm³/mol. The van der Waals surface area contributed by atoms with Crippen molar-refractivity contribution >= 4 is 0 Å². The lowest BCUT2D eigenvalue weighted by Crippen LogP contribution is -2.36. The van der Waals surface area contributed by atoms with Crippen molar-refractivity contribution in [3.63, 3.8) is 0 Å². The minimum absolute atomic E-state index is 0.812. The van der Waals surface area contributed by atoms with Gasteiger partial charge in [0.05, 0.1) is 0 Å². The lowest BCUT2D eigenvalue weighted by Gasteiger charge is -2.33. The first-order chi connectivity index (χ1) is 7.90. The highest BCUT2D eigenvalue weighted by Crippen LogP contribution is 2.23. The standard InChI is InChI=1S/C14H22N2/c1-2-16(14-6-4-3-5-7-14)12-13-8-10-15-11-9-13/h8-11,14H,2-7,12H2,1H3. The summed E-state index contributed by atoms with van der Waals surface area (Å²) in [6, 6.07) is 5.07. The Morgan fingerprint density at radius 3 is 2.50 bits per heavy atom. The third-order valence-electron chi connectivity index (χ3n) is 3.63. The summed E-state index contributed by atoms with van der Waals surface area (Å²) in [4.78, 5) is 6.69. The van der Waals surface area contributed by atoms with Crippen LogP contribution in [0.25, 0.3) is 0 Å². The van der Waals surface area contributed by atoms with Gasteiger partial charge in [-0.2, -0.15) is 0 Å². The molecule has 0 amide bonds. The van der Waals surface area contributed by atoms with E-state index in [9.17, 15) is 0 Å². The van der Waals surface area contributed by atoms with Crippen molar-refractivity contribution in [2.24, 2.45) is 0 Å². The zero-order valence-electron chi connectivity index (χ0n) is 10.2. The first-order valence-corrected chi connectivity index (χ1v) is 6.53. The molecule has 2 rings (SSSR count). The van der Waals surface area contributed by atoms with Crippen LogP contribution in [0, 0.1) is 0 Å². The lowest BCUT2D eigenvalue weighted by atomic mass is 9.94. The van der Waals surface area contributed by atoms with Gasteiger partial charge >= 0.3 is 0 Å². The molecule has 1 heterocycles. The van der Waals surface area contributed by atoms with E-state index < -0.39 is 0 Å². The number of hydrogen-bond acceptors (Lipinski definition) is 2. The summed E-state index contributed by atoms with van der Waals surface area (Å²) in [7, 11) is 0. The Bertz CT molecular complexity index is 291. The highest BCUT2D eigenvalue weighted by atomic mass is 15.1. The Morgan fingerprint density at radius 2 is 1.88 bits per heavy atom. The molecule has 1 aromatic rings. The molecule has 1 saturated carbocycles. The van der Waals surface area contributed by atoms with Crippen molar-refractivity contribution in [1.82, 2.24) is 9.88 Å². The molecule has 2 nitrogen and oxygen atoms in total. The van der Waals surface area contributed by atoms with Gasteiger partial charge in [-0.15, -0.1) is 0 Å². The molecule has 0 aromatic carbocycles. The number of hydrogen-bond donors (Lipinski definition) is 0. The Morgan fingerprint density at radius 1 is 1.19 bits per heavy atom. The number of nitrogens with zero attached hydrogens (tertiary/aromatic N) is 2. The Labute approximate surface area is 98.7 Å². The highest BCUT2D eigenvalue weighted by Gasteiger charge is 2.19. The van der Waals surface area contributed by atoms with Crippen molar-refractivity contribution < 1.29 is 0 Å². The molecule has 16 heavy (non-hydrogen) atoms. The predicted octanol–water partition coefficient (Wildman–Crippen LogP) is 3.24. The van der Waals surface area contributed by atoms with Gasteiger partial charge in [-0.05, 0) is 37.1 Å². The van der Waals surface area contributed by atoms with Crippen LogP contribution in [0.3, 0.4) is 0 Å². The molecule has 88 valence electrons. The van der Waals surface area contributed by atoms with Crippen LogP contribution in [0.15, 0.2) is 24.5 Å². The molecule has 1 aliphatic carbocycles. The number of aromatic nitrogens is 1. The summed E-state index contributed by atoms with van der Waals surface area (Å²) >= 11 is 0. The maximum atomic E-state index is 4.07. The zero-order chi connectivity index (χ0) is 11.2. The van der Waals surface area contributed by atoms with Gasteiger partial charge in [0.2, 0.25) is 0 Å². The van der Waals surface area contributed by atoms with E-state index in [1.165, 1.54) is 37.7 Å². The van der Waals surface area contributed by atoms with Crippen LogP contribution in [0.2, 0.25) is 0 Å². The molecular formula is C14H22N2. The van der Waals surface area contributed by atoms with Crippen molar-refractivity contribution in [3.8, 4) is 0 Å². The molecule has 1 aromatic heterocycles. The Balaban J connectivity index is 1.94. The SMILES string of the molecule is CCN(Cc1ccncc1)C1CCCCC1. The zero-order valence-corrected chi connectivity index (χ0v) is 10.2. The summed E-state index contributed by atoms with van der Waals surface area (Å²) in [6.45, 7) is 4.52. The molecule has 0 unspecified atom stereocenters. The van der Waals surface area contributed by atoms with Crippen LogP contribution in [0.4, 0.5) is 0 Å². The lowest BCUT2D eigenvalue weighted by molar-refractivity contribution is 0.156. The highest BCUT2D eigenvalue weighted by molar-refractivity contribution is 5.09. The molecular weight excluding hydrogens is 196 g/mol. The minimum Gasteiger partial charge on any atom is -0.296 e. The van der Waals surface area contributed by atoms with E-state index in [4.69, 9.17) is 0 Å². The monoisotopic (exact) mass is 218 g/mol. The normalized spacial score (nSPS) is 17.9. The first kappa shape index (κ1) is 11.6. The quantitative estimate of drug-likeness (QED) is 0.771. The number of rotatable bonds is 4. The Hall–Kier alpha value is -0.890. The molecule has 0 aliphatic heterocycles. The largest absolute Gasteiger partial charge is 0.296 e. The van der Waals surface area contributed by atoms with Gasteiger partial charge in [0.15, 0.2) is 0 Å². The van der Waals surface area contributed by atoms with Crippen molar-refractivity contribution in [2.45, 2.75) is 51.6 Å². The van der Waals surface area contributed by atoms with E-state index >= 15 is 0 Å². The van der Waals surface area contributed by atoms with Gasteiger partial charge in [-0.25, -0.2) is 0 Å². The van der Waals surface area contributed by atoms with E-state index in [1.807, 2.05) is 12.4 Å². The fraction of sp³-hybridized carbons (Fsp3) is 0.643. The van der Waals surface area contributed by atoms with Gasteiger partial charge in [0.25, 0.3) is 0 Å². The fourth-order valence-corrected chi connectivity index (χ4v) is 2.67. The molecule has 1 fully saturated rings. The van der Waals surface area contributed by atoms with Crippen LogP contribution in [0.5, 0.6) is 0 Å². The summed E-state index contributed by atoms with van der Waals surface area (Å²) in [5.74, 6) is 0. The van der Waals surface area contributed by atoms with Crippen LogP contribution < -0.4 is 0 Å². The van der Waals surface area contributed by atoms with E-state index in [0.29, 0.717) is 0 Å². The molecule has 0 N–H and O–H groups in total. The summed E-state index contributed by atoms with van der Waals surface area (Å²) < 4.78 is 0. The minimum atomic E-state index is 0.812. The molecule has 0 atom stereocenters. The molecule has 1 aliphatic rings. The number of pyridine rings is 1. The van der Waals surface area contributed by atoms with Gasteiger partial charge in [-0.1, -0.05) is 26.2 Å². The maximum Gasteiger partial charge on any atom is 0.0271 e. The van der Waals surface area contributed by atoms with Crippen LogP contribution in [0.1, 0.15) is 44.6 Å². The summed E-state index contributed by atoms with van der Waals surface area (Å²) in [5.41, 5.74) is 1.39. The second kappa shape index (κ2) is 6.00. The van der Waals surface area contributed by atoms with E-state index in [1.54, 1.807) is 0 Å². The van der Waals surface area contributed by atoms with E-state index in [0.717, 1.165) is 19.1 Å². The van der Waals surface area contributed by atoms with Gasteiger partial charge < -0.3 is 0 Å². The molecule has 0 radical (unpaired) electrons. The van der Waals surface area contributed by atoms with Crippen molar-refractivity contribution in [3.05, 3.63) is 30.1 Å². The molecule has 0 spiro atoms. The van der Waals surface area contributed by atoms with Crippen LogP contribution in [-0.2, 0) is 6.54 Å². The van der Waals surface area contributed by atoms with Crippen LogP contribution in [-0.4, -0.2) is 22.5 Å². The summed E-state index contributed by atoms with van der Waals surface area (Å²) in [5, 5.41) is 0. The third-order valence-corrected chi connectivity index (χ3v) is 3.63. The fourth-order valence-electron chi connectivity index (χ4n) is 2.67. The van der Waals surface area contributed by atoms with Gasteiger partial charge in [0.1, 0.15) is 0 Å². The molecule has 2 heteroatoms. The summed E-state index contributed by atoms with van der Waals surface area (Å²) in [6.07, 6.45) is 10.8. The second-order valence-electron chi connectivity index (χ2n) is 4.71. The van der Waals surface area contributed by atoms with Gasteiger partial charge in [-0.3, -0.25) is 9.88 Å². The first-order valence-electron chi connectivity index (χ1n) is 6.53. The van der Waals surface area contributed by atoms with Crippen molar-refractivity contribution in [1.29, 1.82) is 0 Å². The average molecular weight is 218 g/mol. The molecule has 0 bridgehead atoms. The topological polar surface area (TPSA) is 16.1 Å². The van der Waals surface area contributed by atoms with E-state index in [2.05, 4.69) is 28.9 Å². The maximum absolute atomic E-state index is 4.07. The third kappa shape index (κ3) is 3.05. The van der Waals surface area contributed by atoms with Crippen molar-refractivity contribution in [2.75, 3.05) is 6.54 Å². The second-order valence-corrected chi connectivity index (χ2v) is 4.71. The van der Waals surface area contributed by atoms with Crippen LogP contribution >= 0.6 is 0 Å². The molecule has 0 saturated heterocycles. The average Bonchev–Trinajstić information content (AvgIpc) is 2.38.